The first-order valence-electron chi connectivity index (χ1n) is 16.3. The molecule has 0 fully saturated rings. The van der Waals surface area contributed by atoms with Gasteiger partial charge in [0.1, 0.15) is 19.3 Å². The van der Waals surface area contributed by atoms with Crippen LogP contribution in [0.5, 0.6) is 0 Å². The number of primary amides is 1. The maximum Gasteiger partial charge on any atom is 0.246 e. The molecule has 19 nitrogen and oxygen atoms in total. The monoisotopic (exact) mass is 701 g/mol. The average Bonchev–Trinajstić information content (AvgIpc) is 3.59. The standard InChI is InChI=1S/C30H55N9O10/c1-33-6-8-46-10-12-49-20-29(44)36-7-9-47-11-13-48-19-28(43)35-5-3-2-4-24(27(42)17-38-25(18-40)30(32)45)37-16-26(41)23(31)14-22-15-34-21-39-22/h15,21,23-25,33,37-38,40H,2-14,16-20,31H2,1H3,(H2,32,45)(H,34,39)(H,35,43)(H,36,44)/t23-,24-,25-/m0/s1. The number of aromatic nitrogens is 2. The molecule has 1 aromatic heterocycles. The number of unbranched alkanes of at least 4 members (excludes halogenated alkanes) is 1. The van der Waals surface area contributed by atoms with Crippen LogP contribution in [0.3, 0.4) is 0 Å². The molecule has 0 saturated heterocycles. The van der Waals surface area contributed by atoms with Crippen molar-refractivity contribution in [2.75, 3.05) is 99.2 Å². The van der Waals surface area contributed by atoms with Crippen molar-refractivity contribution >= 4 is 29.3 Å². The number of ketones is 2. The maximum atomic E-state index is 12.9. The molecule has 1 aromatic rings. The quantitative estimate of drug-likeness (QED) is 0.0312. The summed E-state index contributed by atoms with van der Waals surface area (Å²) in [6, 6.07) is -2.63. The van der Waals surface area contributed by atoms with Gasteiger partial charge in [-0.15, -0.1) is 0 Å². The van der Waals surface area contributed by atoms with Crippen LogP contribution < -0.4 is 38.1 Å². The summed E-state index contributed by atoms with van der Waals surface area (Å²) < 4.78 is 21.2. The van der Waals surface area contributed by atoms with Gasteiger partial charge in [-0.05, 0) is 26.3 Å². The van der Waals surface area contributed by atoms with Crippen LogP contribution in [-0.4, -0.2) is 162 Å². The third kappa shape index (κ3) is 22.8. The molecule has 0 aliphatic carbocycles. The normalized spacial score (nSPS) is 13.0. The summed E-state index contributed by atoms with van der Waals surface area (Å²) in [7, 11) is 1.83. The predicted molar refractivity (Wildman–Crippen MR) is 177 cm³/mol. The zero-order chi connectivity index (χ0) is 36.1. The highest BCUT2D eigenvalue weighted by Crippen LogP contribution is 2.04. The fourth-order valence-corrected chi connectivity index (χ4v) is 4.09. The van der Waals surface area contributed by atoms with E-state index in [1.54, 1.807) is 6.20 Å². The van der Waals surface area contributed by atoms with Gasteiger partial charge in [-0.3, -0.25) is 29.3 Å². The van der Waals surface area contributed by atoms with Gasteiger partial charge in [-0.1, -0.05) is 0 Å². The van der Waals surface area contributed by atoms with Crippen molar-refractivity contribution in [3.05, 3.63) is 18.2 Å². The van der Waals surface area contributed by atoms with E-state index in [0.717, 1.165) is 6.54 Å². The van der Waals surface area contributed by atoms with E-state index in [-0.39, 0.29) is 75.9 Å². The van der Waals surface area contributed by atoms with Gasteiger partial charge in [0.25, 0.3) is 0 Å². The Bertz CT molecular complexity index is 1060. The number of nitrogens with one attached hydrogen (secondary N) is 6. The molecule has 0 saturated carbocycles. The van der Waals surface area contributed by atoms with Gasteiger partial charge in [0.15, 0.2) is 11.6 Å². The number of aromatic amines is 1. The Morgan fingerprint density at radius 1 is 0.816 bits per heavy atom. The minimum atomic E-state index is -1.08. The molecule has 0 aromatic carbocycles. The van der Waals surface area contributed by atoms with Crippen LogP contribution in [0, 0.1) is 0 Å². The Hall–Kier alpha value is -3.40. The number of hydrogen-bond donors (Lipinski definition) is 9. The number of hydrogen-bond acceptors (Lipinski definition) is 15. The van der Waals surface area contributed by atoms with Gasteiger partial charge >= 0.3 is 0 Å². The Morgan fingerprint density at radius 3 is 2.00 bits per heavy atom. The molecular weight excluding hydrogens is 646 g/mol. The van der Waals surface area contributed by atoms with Gasteiger partial charge in [-0.2, -0.15) is 0 Å². The van der Waals surface area contributed by atoms with Crippen LogP contribution in [0.2, 0.25) is 0 Å². The lowest BCUT2D eigenvalue weighted by molar-refractivity contribution is -0.127. The van der Waals surface area contributed by atoms with Crippen LogP contribution in [-0.2, 0) is 49.3 Å². The van der Waals surface area contributed by atoms with Crippen molar-refractivity contribution in [2.45, 2.75) is 43.8 Å². The number of likely N-dealkylation sites (N-methyl/N-ethyl adjacent to an activating group) is 1. The zero-order valence-electron chi connectivity index (χ0n) is 28.3. The molecule has 11 N–H and O–H groups in total. The summed E-state index contributed by atoms with van der Waals surface area (Å²) in [6.07, 6.45) is 4.74. The molecule has 1 rings (SSSR count). The first-order valence-corrected chi connectivity index (χ1v) is 16.3. The van der Waals surface area contributed by atoms with Crippen LogP contribution in [0.1, 0.15) is 25.0 Å². The van der Waals surface area contributed by atoms with E-state index in [1.807, 2.05) is 7.05 Å². The minimum Gasteiger partial charge on any atom is -0.394 e. The lowest BCUT2D eigenvalue weighted by Crippen LogP contribution is -2.50. The van der Waals surface area contributed by atoms with E-state index in [0.29, 0.717) is 57.9 Å². The summed E-state index contributed by atoms with van der Waals surface area (Å²) in [6.45, 7) is 2.26. The molecule has 0 aliphatic heterocycles. The summed E-state index contributed by atoms with van der Waals surface area (Å²) >= 11 is 0. The number of nitrogens with two attached hydrogens (primary N) is 2. The summed E-state index contributed by atoms with van der Waals surface area (Å²) in [5.41, 5.74) is 11.9. The molecule has 0 spiro atoms. The molecule has 1 heterocycles. The summed E-state index contributed by atoms with van der Waals surface area (Å²) in [4.78, 5) is 67.4. The van der Waals surface area contributed by atoms with E-state index in [2.05, 4.69) is 36.6 Å². The van der Waals surface area contributed by atoms with E-state index in [4.69, 9.17) is 30.4 Å². The van der Waals surface area contributed by atoms with Gasteiger partial charge in [0, 0.05) is 37.9 Å². The number of H-pyrrole nitrogens is 1. The molecule has 49 heavy (non-hydrogen) atoms. The second kappa shape index (κ2) is 28.4. The molecule has 0 bridgehead atoms. The average molecular weight is 702 g/mol. The van der Waals surface area contributed by atoms with E-state index < -0.39 is 30.6 Å². The van der Waals surface area contributed by atoms with Crippen molar-refractivity contribution < 1.29 is 48.0 Å². The number of carbonyl (C=O) groups excluding carboxylic acids is 5. The SMILES string of the molecule is CNCCOCCOCC(=O)NCCOCCOCC(=O)NCCCC[C@H](NCC(=O)[C@@H](N)Cc1cnc[nH]1)C(=O)CN[C@@H](CO)C(N)=O. The highest BCUT2D eigenvalue weighted by molar-refractivity contribution is 5.89. The Labute approximate surface area is 286 Å². The van der Waals surface area contributed by atoms with Gasteiger partial charge in [0.2, 0.25) is 17.7 Å². The maximum absolute atomic E-state index is 12.9. The predicted octanol–water partition coefficient (Wildman–Crippen LogP) is -4.50. The summed E-state index contributed by atoms with van der Waals surface area (Å²) in [5.74, 6) is -1.99. The second-order valence-electron chi connectivity index (χ2n) is 10.9. The van der Waals surface area contributed by atoms with Crippen molar-refractivity contribution in [3.8, 4) is 0 Å². The van der Waals surface area contributed by atoms with Crippen molar-refractivity contribution in [2.24, 2.45) is 11.5 Å². The Morgan fingerprint density at radius 2 is 1.41 bits per heavy atom. The highest BCUT2D eigenvalue weighted by Gasteiger charge is 2.23. The molecule has 19 heteroatoms. The number of nitrogens with zero attached hydrogens (tertiary/aromatic N) is 1. The van der Waals surface area contributed by atoms with Crippen LogP contribution in [0.15, 0.2) is 12.5 Å². The topological polar surface area (TPSA) is 283 Å². The number of amides is 3. The van der Waals surface area contributed by atoms with E-state index in [9.17, 15) is 29.1 Å². The van der Waals surface area contributed by atoms with Gasteiger partial charge in [0.05, 0.1) is 77.7 Å². The number of ether oxygens (including phenoxy) is 4. The largest absolute Gasteiger partial charge is 0.394 e. The Kier molecular flexibility index (Phi) is 25.3. The third-order valence-corrected chi connectivity index (χ3v) is 6.89. The number of imidazole rings is 1. The second-order valence-corrected chi connectivity index (χ2v) is 10.9. The lowest BCUT2D eigenvalue weighted by atomic mass is 10.0. The number of Topliss-reactive ketones (excluding diaryl/α,β-unsaturated/α-hetero) is 2. The number of aliphatic hydroxyl groups is 1. The van der Waals surface area contributed by atoms with Gasteiger partial charge in [-0.25, -0.2) is 4.98 Å². The minimum absolute atomic E-state index is 0.0606. The van der Waals surface area contributed by atoms with Crippen LogP contribution >= 0.6 is 0 Å². The highest BCUT2D eigenvalue weighted by atomic mass is 16.5. The molecular formula is C30H55N9O10. The first kappa shape index (κ1) is 43.6. The van der Waals surface area contributed by atoms with E-state index in [1.165, 1.54) is 6.33 Å². The lowest BCUT2D eigenvalue weighted by Gasteiger charge is -2.20. The summed E-state index contributed by atoms with van der Waals surface area (Å²) in [5, 5.41) is 23.2. The van der Waals surface area contributed by atoms with Crippen molar-refractivity contribution in [3.63, 3.8) is 0 Å². The number of carbonyl (C=O) groups is 5. The molecule has 3 atom stereocenters. The van der Waals surface area contributed by atoms with E-state index >= 15 is 0 Å². The molecule has 0 radical (unpaired) electrons. The first-order chi connectivity index (χ1) is 23.7. The number of aliphatic hydroxyl groups excluding tert-OH is 1. The fourth-order valence-electron chi connectivity index (χ4n) is 4.09. The number of rotatable bonds is 33. The molecule has 280 valence electrons. The molecule has 0 unspecified atom stereocenters. The smallest absolute Gasteiger partial charge is 0.246 e. The fraction of sp³-hybridized carbons (Fsp3) is 0.733. The van der Waals surface area contributed by atoms with Crippen LogP contribution in [0.4, 0.5) is 0 Å². The van der Waals surface area contributed by atoms with Crippen LogP contribution in [0.25, 0.3) is 0 Å². The zero-order valence-corrected chi connectivity index (χ0v) is 28.3. The Balaban J connectivity index is 2.22. The molecule has 0 aliphatic rings. The van der Waals surface area contributed by atoms with Crippen molar-refractivity contribution in [1.29, 1.82) is 0 Å². The third-order valence-electron chi connectivity index (χ3n) is 6.89. The van der Waals surface area contributed by atoms with Crippen molar-refractivity contribution in [1.82, 2.24) is 36.6 Å². The van der Waals surface area contributed by atoms with Gasteiger partial charge < -0.3 is 61.8 Å². The molecule has 3 amide bonds.